The number of rotatable bonds is 6. The van der Waals surface area contributed by atoms with Crippen LogP contribution in [0.2, 0.25) is 0 Å². The van der Waals surface area contributed by atoms with Gasteiger partial charge in [0.15, 0.2) is 0 Å². The van der Waals surface area contributed by atoms with Crippen LogP contribution in [-0.2, 0) is 0 Å². The summed E-state index contributed by atoms with van der Waals surface area (Å²) in [6.07, 6.45) is 4.31. The van der Waals surface area contributed by atoms with Gasteiger partial charge in [-0.1, -0.05) is 63.5 Å². The van der Waals surface area contributed by atoms with Gasteiger partial charge in [0.25, 0.3) is 0 Å². The van der Waals surface area contributed by atoms with Crippen LogP contribution in [0.25, 0.3) is 0 Å². The monoisotopic (exact) mass is 248 g/mol. The molecule has 0 aliphatic carbocycles. The normalized spacial score (nSPS) is 19.3. The molecule has 0 spiro atoms. The van der Waals surface area contributed by atoms with Crippen LogP contribution in [-0.4, -0.2) is 0 Å². The van der Waals surface area contributed by atoms with E-state index in [1.165, 1.54) is 5.57 Å². The molecule has 0 saturated carbocycles. The van der Waals surface area contributed by atoms with Crippen LogP contribution in [0, 0.1) is 23.7 Å². The zero-order valence-corrected chi connectivity index (χ0v) is 13.7. The molecule has 0 aromatic rings. The molecule has 0 aromatic heterocycles. The predicted octanol–water partition coefficient (Wildman–Crippen LogP) is 6.02. The minimum absolute atomic E-state index is 0.539. The maximum absolute atomic E-state index is 3.93. The molecule has 104 valence electrons. The van der Waals surface area contributed by atoms with Crippen molar-refractivity contribution in [3.05, 3.63) is 35.5 Å². The van der Waals surface area contributed by atoms with Crippen molar-refractivity contribution >= 4 is 0 Å². The molecule has 3 atom stereocenters. The Bertz CT molecular complexity index is 328. The maximum Gasteiger partial charge on any atom is -0.00191 e. The maximum atomic E-state index is 3.93. The minimum atomic E-state index is 0.539. The van der Waals surface area contributed by atoms with Crippen molar-refractivity contribution in [1.29, 1.82) is 0 Å². The summed E-state index contributed by atoms with van der Waals surface area (Å²) >= 11 is 0. The molecule has 0 nitrogen and oxygen atoms in total. The fourth-order valence-corrected chi connectivity index (χ4v) is 2.65. The summed E-state index contributed by atoms with van der Waals surface area (Å²) in [7, 11) is 0. The highest BCUT2D eigenvalue weighted by atomic mass is 14.3. The molecule has 0 amide bonds. The first-order chi connectivity index (χ1) is 8.27. The van der Waals surface area contributed by atoms with E-state index in [0.29, 0.717) is 23.7 Å². The van der Waals surface area contributed by atoms with Crippen molar-refractivity contribution in [3.63, 3.8) is 0 Å². The molecule has 0 N–H and O–H groups in total. The molecule has 0 bridgehead atoms. The quantitative estimate of drug-likeness (QED) is 0.504. The zero-order chi connectivity index (χ0) is 14.5. The van der Waals surface area contributed by atoms with Gasteiger partial charge in [-0.25, -0.2) is 0 Å². The number of hydrogen-bond acceptors (Lipinski definition) is 0. The van der Waals surface area contributed by atoms with Gasteiger partial charge < -0.3 is 0 Å². The zero-order valence-electron chi connectivity index (χ0n) is 13.7. The van der Waals surface area contributed by atoms with E-state index < -0.39 is 0 Å². The second-order valence-electron chi connectivity index (χ2n) is 5.93. The Hall–Kier alpha value is -0.780. The van der Waals surface area contributed by atoms with Crippen LogP contribution in [0.15, 0.2) is 35.5 Å². The highest BCUT2D eigenvalue weighted by molar-refractivity contribution is 5.26. The Morgan fingerprint density at radius 2 is 1.50 bits per heavy atom. The third-order valence-corrected chi connectivity index (χ3v) is 4.53. The molecule has 0 aromatic carbocycles. The molecule has 0 heteroatoms. The summed E-state index contributed by atoms with van der Waals surface area (Å²) in [6, 6.07) is 0. The molecule has 0 radical (unpaired) electrons. The van der Waals surface area contributed by atoms with Crippen LogP contribution in [0.1, 0.15) is 55.4 Å². The van der Waals surface area contributed by atoms with E-state index in [9.17, 15) is 0 Å². The Balaban J connectivity index is 5.50. The van der Waals surface area contributed by atoms with E-state index in [1.807, 2.05) is 0 Å². The average molecular weight is 248 g/mol. The molecule has 0 heterocycles. The van der Waals surface area contributed by atoms with E-state index in [0.717, 1.165) is 0 Å². The lowest BCUT2D eigenvalue weighted by Gasteiger charge is -2.28. The Morgan fingerprint density at radius 3 is 1.83 bits per heavy atom. The van der Waals surface area contributed by atoms with Gasteiger partial charge in [-0.3, -0.25) is 0 Å². The first-order valence-corrected chi connectivity index (χ1v) is 7.23. The van der Waals surface area contributed by atoms with Gasteiger partial charge in [0.05, 0.1) is 0 Å². The van der Waals surface area contributed by atoms with Crippen molar-refractivity contribution in [3.8, 4) is 0 Å². The van der Waals surface area contributed by atoms with Crippen LogP contribution in [0.5, 0.6) is 0 Å². The standard InChI is InChI=1S/C18H32/c1-10-13(5)15(7)17(9)18(12(3)4)16(8)14(6)11-2/h10-13,15-16H,1H2,2-9H3. The molecular formula is C18H32. The molecule has 0 fully saturated rings. The lowest BCUT2D eigenvalue weighted by atomic mass is 9.77. The van der Waals surface area contributed by atoms with Gasteiger partial charge >= 0.3 is 0 Å². The Morgan fingerprint density at radius 1 is 1.00 bits per heavy atom. The van der Waals surface area contributed by atoms with Crippen LogP contribution in [0.4, 0.5) is 0 Å². The summed E-state index contributed by atoms with van der Waals surface area (Å²) in [4.78, 5) is 0. The van der Waals surface area contributed by atoms with Crippen molar-refractivity contribution < 1.29 is 0 Å². The van der Waals surface area contributed by atoms with E-state index >= 15 is 0 Å². The lowest BCUT2D eigenvalue weighted by molar-refractivity contribution is 0.503. The molecule has 0 aliphatic heterocycles. The fraction of sp³-hybridized carbons (Fsp3) is 0.667. The summed E-state index contributed by atoms with van der Waals surface area (Å²) < 4.78 is 0. The van der Waals surface area contributed by atoms with Gasteiger partial charge in [0.1, 0.15) is 0 Å². The second-order valence-corrected chi connectivity index (χ2v) is 5.93. The number of hydrogen-bond donors (Lipinski definition) is 0. The first-order valence-electron chi connectivity index (χ1n) is 7.23. The van der Waals surface area contributed by atoms with E-state index in [-0.39, 0.29) is 0 Å². The predicted molar refractivity (Wildman–Crippen MR) is 84.7 cm³/mol. The van der Waals surface area contributed by atoms with Gasteiger partial charge in [-0.2, -0.15) is 0 Å². The third-order valence-electron chi connectivity index (χ3n) is 4.53. The van der Waals surface area contributed by atoms with Crippen molar-refractivity contribution in [2.24, 2.45) is 23.7 Å². The summed E-state index contributed by atoms with van der Waals surface area (Å²) in [6.45, 7) is 22.1. The van der Waals surface area contributed by atoms with Gasteiger partial charge in [-0.05, 0) is 44.4 Å². The molecule has 18 heavy (non-hydrogen) atoms. The molecule has 0 aliphatic rings. The smallest absolute Gasteiger partial charge is 0.00191 e. The highest BCUT2D eigenvalue weighted by Crippen LogP contribution is 2.34. The van der Waals surface area contributed by atoms with E-state index in [2.05, 4.69) is 74.1 Å². The Labute approximate surface area is 115 Å². The van der Waals surface area contributed by atoms with Crippen molar-refractivity contribution in [2.45, 2.75) is 55.4 Å². The topological polar surface area (TPSA) is 0 Å². The van der Waals surface area contributed by atoms with Crippen molar-refractivity contribution in [1.82, 2.24) is 0 Å². The van der Waals surface area contributed by atoms with E-state index in [4.69, 9.17) is 0 Å². The summed E-state index contributed by atoms with van der Waals surface area (Å²) in [5.74, 6) is 2.27. The fourth-order valence-electron chi connectivity index (χ4n) is 2.65. The second kappa shape index (κ2) is 7.61. The van der Waals surface area contributed by atoms with Gasteiger partial charge in [-0.15, -0.1) is 6.58 Å². The summed E-state index contributed by atoms with van der Waals surface area (Å²) in [5, 5.41) is 0. The van der Waals surface area contributed by atoms with Gasteiger partial charge in [0.2, 0.25) is 0 Å². The minimum Gasteiger partial charge on any atom is -0.103 e. The molecular weight excluding hydrogens is 216 g/mol. The average Bonchev–Trinajstić information content (AvgIpc) is 2.35. The third kappa shape index (κ3) is 4.15. The van der Waals surface area contributed by atoms with Crippen LogP contribution >= 0.6 is 0 Å². The SMILES string of the molecule is C=CC(C)C(C)C(C)=C(C(C)C)C(C)C(C)=CC. The van der Waals surface area contributed by atoms with Crippen LogP contribution in [0.3, 0.4) is 0 Å². The lowest BCUT2D eigenvalue weighted by Crippen LogP contribution is -2.16. The first kappa shape index (κ1) is 17.2. The van der Waals surface area contributed by atoms with Crippen LogP contribution < -0.4 is 0 Å². The molecule has 3 unspecified atom stereocenters. The Kier molecular flexibility index (Phi) is 7.28. The highest BCUT2D eigenvalue weighted by Gasteiger charge is 2.21. The number of allylic oxidation sites excluding steroid dienone is 5. The van der Waals surface area contributed by atoms with Crippen molar-refractivity contribution in [2.75, 3.05) is 0 Å². The largest absolute Gasteiger partial charge is 0.103 e. The molecule has 0 saturated heterocycles. The van der Waals surface area contributed by atoms with E-state index in [1.54, 1.807) is 11.1 Å². The molecule has 0 rings (SSSR count). The van der Waals surface area contributed by atoms with Gasteiger partial charge in [0, 0.05) is 0 Å². The summed E-state index contributed by atoms with van der Waals surface area (Å²) in [5.41, 5.74) is 4.62.